The highest BCUT2D eigenvalue weighted by molar-refractivity contribution is 7.99. The minimum atomic E-state index is 0.115. The summed E-state index contributed by atoms with van der Waals surface area (Å²) in [6.45, 7) is 6.31. The van der Waals surface area contributed by atoms with Crippen LogP contribution in [0, 0.1) is 5.41 Å². The first-order chi connectivity index (χ1) is 8.47. The van der Waals surface area contributed by atoms with Crippen LogP contribution in [0.5, 0.6) is 0 Å². The molecular weight excluding hydrogens is 244 g/mol. The molecule has 0 aromatic carbocycles. The standard InChI is InChI=1S/C14H24N2OS/c1-13(2)8-14(9-15,11-18-10-13)16(3)6-12-4-5-17-7-12/h4-5,7H,6,8-11,15H2,1-3H3. The van der Waals surface area contributed by atoms with Crippen molar-refractivity contribution in [3.63, 3.8) is 0 Å². The third-order valence-electron chi connectivity index (χ3n) is 3.86. The van der Waals surface area contributed by atoms with E-state index >= 15 is 0 Å². The van der Waals surface area contributed by atoms with Gasteiger partial charge in [0.25, 0.3) is 0 Å². The fourth-order valence-electron chi connectivity index (χ4n) is 2.87. The Bertz CT molecular complexity index is 377. The van der Waals surface area contributed by atoms with Gasteiger partial charge in [0.05, 0.1) is 12.5 Å². The van der Waals surface area contributed by atoms with Crippen LogP contribution in [0.4, 0.5) is 0 Å². The van der Waals surface area contributed by atoms with Gasteiger partial charge in [0.1, 0.15) is 0 Å². The molecule has 0 spiro atoms. The molecule has 4 heteroatoms. The topological polar surface area (TPSA) is 42.4 Å². The molecule has 0 aliphatic carbocycles. The lowest BCUT2D eigenvalue weighted by Gasteiger charge is -2.49. The number of likely N-dealkylation sites (N-methyl/N-ethyl adjacent to an activating group) is 1. The highest BCUT2D eigenvalue weighted by atomic mass is 32.2. The zero-order valence-corrected chi connectivity index (χ0v) is 12.4. The molecule has 1 unspecified atom stereocenters. The van der Waals surface area contributed by atoms with Gasteiger partial charge < -0.3 is 10.2 Å². The molecule has 1 saturated heterocycles. The van der Waals surface area contributed by atoms with Crippen molar-refractivity contribution in [1.29, 1.82) is 0 Å². The van der Waals surface area contributed by atoms with Crippen molar-refractivity contribution >= 4 is 11.8 Å². The van der Waals surface area contributed by atoms with E-state index in [-0.39, 0.29) is 5.54 Å². The zero-order chi connectivity index (χ0) is 13.2. The van der Waals surface area contributed by atoms with E-state index in [1.54, 1.807) is 6.26 Å². The van der Waals surface area contributed by atoms with Crippen LogP contribution < -0.4 is 5.73 Å². The van der Waals surface area contributed by atoms with E-state index < -0.39 is 0 Å². The summed E-state index contributed by atoms with van der Waals surface area (Å²) in [6.07, 6.45) is 4.72. The second-order valence-corrected chi connectivity index (χ2v) is 7.24. The molecule has 0 radical (unpaired) electrons. The first kappa shape index (κ1) is 14.0. The second kappa shape index (κ2) is 5.27. The van der Waals surface area contributed by atoms with Gasteiger partial charge in [-0.25, -0.2) is 0 Å². The lowest BCUT2D eigenvalue weighted by Crippen LogP contribution is -2.58. The fraction of sp³-hybridized carbons (Fsp3) is 0.714. The van der Waals surface area contributed by atoms with Gasteiger partial charge in [-0.1, -0.05) is 13.8 Å². The Morgan fingerprint density at radius 2 is 2.22 bits per heavy atom. The zero-order valence-electron chi connectivity index (χ0n) is 11.6. The summed E-state index contributed by atoms with van der Waals surface area (Å²) < 4.78 is 5.15. The summed E-state index contributed by atoms with van der Waals surface area (Å²) in [4.78, 5) is 2.41. The smallest absolute Gasteiger partial charge is 0.0947 e. The monoisotopic (exact) mass is 268 g/mol. The Labute approximate surface area is 114 Å². The number of nitrogens with zero attached hydrogens (tertiary/aromatic N) is 1. The molecule has 102 valence electrons. The van der Waals surface area contributed by atoms with E-state index in [4.69, 9.17) is 10.2 Å². The predicted molar refractivity (Wildman–Crippen MR) is 77.7 cm³/mol. The molecule has 18 heavy (non-hydrogen) atoms. The van der Waals surface area contributed by atoms with Gasteiger partial charge in [-0.3, -0.25) is 4.90 Å². The van der Waals surface area contributed by atoms with Crippen molar-refractivity contribution in [1.82, 2.24) is 4.90 Å². The molecule has 2 N–H and O–H groups in total. The molecule has 3 nitrogen and oxygen atoms in total. The average Bonchev–Trinajstić information content (AvgIpc) is 2.80. The van der Waals surface area contributed by atoms with Gasteiger partial charge in [-0.2, -0.15) is 11.8 Å². The molecule has 2 heterocycles. The van der Waals surface area contributed by atoms with Crippen molar-refractivity contribution < 1.29 is 4.42 Å². The van der Waals surface area contributed by atoms with Crippen LogP contribution in [-0.4, -0.2) is 35.5 Å². The minimum Gasteiger partial charge on any atom is -0.472 e. The van der Waals surface area contributed by atoms with Crippen LogP contribution in [0.3, 0.4) is 0 Å². The van der Waals surface area contributed by atoms with Crippen LogP contribution in [0.1, 0.15) is 25.8 Å². The quantitative estimate of drug-likeness (QED) is 0.911. The molecule has 0 amide bonds. The van der Waals surface area contributed by atoms with Crippen LogP contribution in [0.15, 0.2) is 23.0 Å². The third kappa shape index (κ3) is 2.92. The number of furan rings is 1. The average molecular weight is 268 g/mol. The number of rotatable bonds is 4. The lowest BCUT2D eigenvalue weighted by molar-refractivity contribution is 0.0868. The Morgan fingerprint density at radius 3 is 2.78 bits per heavy atom. The molecule has 1 fully saturated rings. The molecule has 2 rings (SSSR count). The highest BCUT2D eigenvalue weighted by Crippen LogP contribution is 2.41. The highest BCUT2D eigenvalue weighted by Gasteiger charge is 2.42. The maximum atomic E-state index is 6.11. The molecule has 1 aliphatic heterocycles. The summed E-state index contributed by atoms with van der Waals surface area (Å²) in [7, 11) is 2.18. The van der Waals surface area contributed by atoms with Crippen molar-refractivity contribution in [2.24, 2.45) is 11.1 Å². The SMILES string of the molecule is CN(Cc1ccoc1)C1(CN)CSCC(C)(C)C1. The molecule has 1 aliphatic rings. The van der Waals surface area contributed by atoms with Gasteiger partial charge in [0.2, 0.25) is 0 Å². The Hall–Kier alpha value is -0.450. The van der Waals surface area contributed by atoms with Crippen molar-refractivity contribution in [2.45, 2.75) is 32.4 Å². The van der Waals surface area contributed by atoms with Gasteiger partial charge in [-0.05, 0) is 30.7 Å². The maximum absolute atomic E-state index is 6.11. The molecule has 1 atom stereocenters. The number of hydrogen-bond donors (Lipinski definition) is 1. The van der Waals surface area contributed by atoms with Gasteiger partial charge in [-0.15, -0.1) is 0 Å². The molecule has 0 bridgehead atoms. The van der Waals surface area contributed by atoms with Crippen LogP contribution in [0.25, 0.3) is 0 Å². The third-order valence-corrected chi connectivity index (χ3v) is 5.59. The van der Waals surface area contributed by atoms with Crippen molar-refractivity contribution in [3.05, 3.63) is 24.2 Å². The Kier molecular flexibility index (Phi) is 4.09. The fourth-order valence-corrected chi connectivity index (χ4v) is 4.44. The first-order valence-corrected chi connectivity index (χ1v) is 7.63. The van der Waals surface area contributed by atoms with E-state index in [1.165, 1.54) is 11.3 Å². The molecular formula is C14H24N2OS. The first-order valence-electron chi connectivity index (χ1n) is 6.48. The maximum Gasteiger partial charge on any atom is 0.0947 e. The number of thioether (sulfide) groups is 1. The van der Waals surface area contributed by atoms with E-state index in [9.17, 15) is 0 Å². The Morgan fingerprint density at radius 1 is 1.44 bits per heavy atom. The van der Waals surface area contributed by atoms with E-state index in [2.05, 4.69) is 25.8 Å². The summed E-state index contributed by atoms with van der Waals surface area (Å²) in [5, 5.41) is 0. The summed E-state index contributed by atoms with van der Waals surface area (Å²) in [5.41, 5.74) is 7.81. The molecule has 1 aromatic heterocycles. The van der Waals surface area contributed by atoms with Crippen molar-refractivity contribution in [2.75, 3.05) is 25.1 Å². The molecule has 1 aromatic rings. The van der Waals surface area contributed by atoms with E-state index in [0.717, 1.165) is 25.3 Å². The minimum absolute atomic E-state index is 0.115. The summed E-state index contributed by atoms with van der Waals surface area (Å²) in [6, 6.07) is 2.03. The largest absolute Gasteiger partial charge is 0.472 e. The normalized spacial score (nSPS) is 27.6. The van der Waals surface area contributed by atoms with Crippen LogP contribution in [-0.2, 0) is 6.54 Å². The molecule has 0 saturated carbocycles. The second-order valence-electron chi connectivity index (χ2n) is 6.25. The lowest BCUT2D eigenvalue weighted by atomic mass is 9.79. The van der Waals surface area contributed by atoms with Gasteiger partial charge >= 0.3 is 0 Å². The Balaban J connectivity index is 2.11. The van der Waals surface area contributed by atoms with Crippen LogP contribution in [0.2, 0.25) is 0 Å². The number of hydrogen-bond acceptors (Lipinski definition) is 4. The summed E-state index contributed by atoms with van der Waals surface area (Å²) >= 11 is 2.03. The van der Waals surface area contributed by atoms with E-state index in [1.807, 2.05) is 24.1 Å². The van der Waals surface area contributed by atoms with Crippen molar-refractivity contribution in [3.8, 4) is 0 Å². The van der Waals surface area contributed by atoms with Gasteiger partial charge in [0, 0.05) is 29.9 Å². The predicted octanol–water partition coefficient (Wildman–Crippen LogP) is 2.57. The van der Waals surface area contributed by atoms with Gasteiger partial charge in [0.15, 0.2) is 0 Å². The number of nitrogens with two attached hydrogens (primary N) is 1. The van der Waals surface area contributed by atoms with E-state index in [0.29, 0.717) is 5.41 Å². The van der Waals surface area contributed by atoms with Crippen LogP contribution >= 0.6 is 11.8 Å². The summed E-state index contributed by atoms with van der Waals surface area (Å²) in [5.74, 6) is 2.36.